The summed E-state index contributed by atoms with van der Waals surface area (Å²) in [6, 6.07) is 7.34. The Balaban J connectivity index is 1.63. The zero-order valence-electron chi connectivity index (χ0n) is 18.6. The molecule has 0 unspecified atom stereocenters. The van der Waals surface area contributed by atoms with E-state index in [0.29, 0.717) is 5.56 Å². The second kappa shape index (κ2) is 13.4. The molecule has 178 valence electrons. The molecule has 0 amide bonds. The number of morpholine rings is 1. The fourth-order valence-corrected chi connectivity index (χ4v) is 3.66. The maximum absolute atomic E-state index is 12.3. The Kier molecular flexibility index (Phi) is 10.9. The smallest absolute Gasteiger partial charge is 0.370 e. The van der Waals surface area contributed by atoms with Crippen molar-refractivity contribution in [2.75, 3.05) is 46.2 Å². The third kappa shape index (κ3) is 9.15. The lowest BCUT2D eigenvalue weighted by molar-refractivity contribution is -0.145. The van der Waals surface area contributed by atoms with Gasteiger partial charge in [0, 0.05) is 17.8 Å². The Morgan fingerprint density at radius 3 is 2.47 bits per heavy atom. The lowest BCUT2D eigenvalue weighted by atomic mass is 10.0. The molecule has 9 nitrogen and oxygen atoms in total. The van der Waals surface area contributed by atoms with Gasteiger partial charge in [-0.3, -0.25) is 9.69 Å². The fraction of sp³-hybridized carbons (Fsp3) is 0.591. The molecule has 1 aliphatic heterocycles. The molecule has 1 aromatic rings. The van der Waals surface area contributed by atoms with E-state index in [1.807, 2.05) is 0 Å². The molecule has 1 fully saturated rings. The first-order chi connectivity index (χ1) is 15.3. The number of thioether (sulfide) groups is 1. The molecule has 0 radical (unpaired) electrons. The van der Waals surface area contributed by atoms with Gasteiger partial charge in [0.1, 0.15) is 6.04 Å². The van der Waals surface area contributed by atoms with E-state index in [1.54, 1.807) is 44.2 Å². The van der Waals surface area contributed by atoms with Crippen LogP contribution in [0.1, 0.15) is 37.0 Å². The number of unbranched alkanes of at least 4 members (excludes halogenated alkanes) is 1. The van der Waals surface area contributed by atoms with Crippen molar-refractivity contribution < 1.29 is 33.3 Å². The first kappa shape index (κ1) is 26.1. The van der Waals surface area contributed by atoms with Crippen LogP contribution in [0.2, 0.25) is 0 Å². The van der Waals surface area contributed by atoms with E-state index in [4.69, 9.17) is 24.7 Å². The molecule has 0 spiro atoms. The lowest BCUT2D eigenvalue weighted by Crippen LogP contribution is -2.48. The Morgan fingerprint density at radius 2 is 1.78 bits per heavy atom. The molecule has 1 aliphatic rings. The Hall–Kier alpha value is -2.14. The number of carbonyl (C=O) groups excluding carboxylic acids is 3. The van der Waals surface area contributed by atoms with Crippen LogP contribution in [0.15, 0.2) is 30.3 Å². The summed E-state index contributed by atoms with van der Waals surface area (Å²) >= 11 is 0.752. The SMILES string of the molecule is CC(C)(SC(=O)OCOC(=O)c1ccccc1)[C@@H](N)C(=O)OCCCCN1CCOCC1. The van der Waals surface area contributed by atoms with Crippen molar-refractivity contribution in [3.05, 3.63) is 35.9 Å². The van der Waals surface area contributed by atoms with Gasteiger partial charge in [-0.15, -0.1) is 0 Å². The van der Waals surface area contributed by atoms with Gasteiger partial charge in [0.25, 0.3) is 0 Å². The number of rotatable bonds is 11. The Bertz CT molecular complexity index is 739. The van der Waals surface area contributed by atoms with Gasteiger partial charge in [-0.2, -0.15) is 0 Å². The molecule has 0 saturated carbocycles. The van der Waals surface area contributed by atoms with Gasteiger partial charge in [-0.05, 0) is 57.1 Å². The third-order valence-electron chi connectivity index (χ3n) is 4.94. The van der Waals surface area contributed by atoms with Crippen molar-refractivity contribution in [2.24, 2.45) is 5.73 Å². The summed E-state index contributed by atoms with van der Waals surface area (Å²) in [5, 5.41) is -0.704. The first-order valence-corrected chi connectivity index (χ1v) is 11.4. The van der Waals surface area contributed by atoms with Crippen LogP contribution in [0.4, 0.5) is 4.79 Å². The number of carbonyl (C=O) groups is 3. The minimum atomic E-state index is -1.02. The van der Waals surface area contributed by atoms with E-state index >= 15 is 0 Å². The molecular formula is C22H32N2O7S. The van der Waals surface area contributed by atoms with Crippen LogP contribution in [0, 0.1) is 0 Å². The quantitative estimate of drug-likeness (QED) is 0.295. The van der Waals surface area contributed by atoms with Crippen molar-refractivity contribution in [3.63, 3.8) is 0 Å². The average molecular weight is 469 g/mol. The fourth-order valence-electron chi connectivity index (χ4n) is 2.90. The number of benzene rings is 1. The zero-order chi connectivity index (χ0) is 23.4. The third-order valence-corrected chi connectivity index (χ3v) is 6.01. The van der Waals surface area contributed by atoms with Crippen LogP contribution < -0.4 is 5.73 Å². The molecule has 1 aromatic carbocycles. The van der Waals surface area contributed by atoms with Crippen LogP contribution in [0.5, 0.6) is 0 Å². The van der Waals surface area contributed by atoms with Crippen LogP contribution in [0.3, 0.4) is 0 Å². The number of nitrogens with zero attached hydrogens (tertiary/aromatic N) is 1. The molecule has 0 aliphatic carbocycles. The molecule has 32 heavy (non-hydrogen) atoms. The van der Waals surface area contributed by atoms with Crippen molar-refractivity contribution in [3.8, 4) is 0 Å². The van der Waals surface area contributed by atoms with Gasteiger partial charge >= 0.3 is 17.2 Å². The summed E-state index contributed by atoms with van der Waals surface area (Å²) in [6.07, 6.45) is 1.65. The summed E-state index contributed by atoms with van der Waals surface area (Å²) in [6.45, 7) is 7.36. The van der Waals surface area contributed by atoms with Crippen molar-refractivity contribution in [2.45, 2.75) is 37.5 Å². The van der Waals surface area contributed by atoms with Gasteiger partial charge in [-0.1, -0.05) is 18.2 Å². The predicted octanol–water partition coefficient (Wildman–Crippen LogP) is 2.43. The lowest BCUT2D eigenvalue weighted by Gasteiger charge is -2.28. The number of hydrogen-bond acceptors (Lipinski definition) is 10. The minimum absolute atomic E-state index is 0.275. The van der Waals surface area contributed by atoms with Gasteiger partial charge in [-0.25, -0.2) is 9.59 Å². The van der Waals surface area contributed by atoms with Crippen molar-refractivity contribution >= 4 is 29.0 Å². The summed E-state index contributed by atoms with van der Waals surface area (Å²) in [5.41, 5.74) is 6.37. The van der Waals surface area contributed by atoms with Crippen LogP contribution in [0.25, 0.3) is 0 Å². The predicted molar refractivity (Wildman–Crippen MR) is 120 cm³/mol. The van der Waals surface area contributed by atoms with E-state index in [-0.39, 0.29) is 6.61 Å². The highest BCUT2D eigenvalue weighted by Crippen LogP contribution is 2.29. The van der Waals surface area contributed by atoms with Crippen molar-refractivity contribution in [1.82, 2.24) is 4.90 Å². The van der Waals surface area contributed by atoms with Gasteiger partial charge < -0.3 is 24.7 Å². The zero-order valence-corrected chi connectivity index (χ0v) is 19.4. The maximum Gasteiger partial charge on any atom is 0.370 e. The van der Waals surface area contributed by atoms with E-state index in [2.05, 4.69) is 4.90 Å². The van der Waals surface area contributed by atoms with Crippen LogP contribution in [-0.4, -0.2) is 79.2 Å². The molecule has 1 saturated heterocycles. The van der Waals surface area contributed by atoms with E-state index in [1.165, 1.54) is 0 Å². The van der Waals surface area contributed by atoms with Gasteiger partial charge in [0.2, 0.25) is 6.79 Å². The monoisotopic (exact) mass is 468 g/mol. The summed E-state index contributed by atoms with van der Waals surface area (Å²) in [5.74, 6) is -1.17. The van der Waals surface area contributed by atoms with Crippen LogP contribution in [-0.2, 0) is 23.7 Å². The number of ether oxygens (including phenoxy) is 4. The highest BCUT2D eigenvalue weighted by Gasteiger charge is 2.37. The van der Waals surface area contributed by atoms with E-state index in [0.717, 1.165) is 57.5 Å². The molecule has 2 N–H and O–H groups in total. The average Bonchev–Trinajstić information content (AvgIpc) is 2.79. The number of esters is 2. The highest BCUT2D eigenvalue weighted by molar-refractivity contribution is 8.14. The molecule has 1 heterocycles. The highest BCUT2D eigenvalue weighted by atomic mass is 32.2. The summed E-state index contributed by atoms with van der Waals surface area (Å²) < 4.78 is 19.5. The molecule has 2 rings (SSSR count). The second-order valence-corrected chi connectivity index (χ2v) is 9.41. The molecule has 10 heteroatoms. The topological polar surface area (TPSA) is 117 Å². The molecule has 0 bridgehead atoms. The normalized spacial score (nSPS) is 15.6. The van der Waals surface area contributed by atoms with Gasteiger partial charge in [0.05, 0.1) is 25.4 Å². The van der Waals surface area contributed by atoms with E-state index in [9.17, 15) is 14.4 Å². The number of hydrogen-bond donors (Lipinski definition) is 1. The molecule has 1 atom stereocenters. The van der Waals surface area contributed by atoms with Gasteiger partial charge in [0.15, 0.2) is 0 Å². The van der Waals surface area contributed by atoms with E-state index < -0.39 is 34.8 Å². The number of nitrogens with two attached hydrogens (primary N) is 1. The summed E-state index contributed by atoms with van der Waals surface area (Å²) in [4.78, 5) is 38.5. The molecule has 0 aromatic heterocycles. The second-order valence-electron chi connectivity index (χ2n) is 7.82. The first-order valence-electron chi connectivity index (χ1n) is 10.6. The Labute approximate surface area is 192 Å². The van der Waals surface area contributed by atoms with Crippen molar-refractivity contribution in [1.29, 1.82) is 0 Å². The minimum Gasteiger partial charge on any atom is -0.464 e. The molecular weight excluding hydrogens is 436 g/mol. The standard InChI is InChI=1S/C22H32N2O7S/c1-22(2,32-21(27)31-16-30-19(25)17-8-4-3-5-9-17)18(23)20(26)29-13-7-6-10-24-11-14-28-15-12-24/h3-5,8-9,18H,6-7,10-16,23H2,1-2H3/t18-/m0/s1. The maximum atomic E-state index is 12.3. The van der Waals surface area contributed by atoms with Crippen LogP contribution >= 0.6 is 11.8 Å². The Morgan fingerprint density at radius 1 is 1.09 bits per heavy atom. The largest absolute Gasteiger partial charge is 0.464 e. The summed E-state index contributed by atoms with van der Waals surface area (Å²) in [7, 11) is 0.